The van der Waals surface area contributed by atoms with Crippen molar-refractivity contribution in [1.82, 2.24) is 4.90 Å². The highest BCUT2D eigenvalue weighted by molar-refractivity contribution is 5.94. The maximum atomic E-state index is 12.6. The molecule has 0 unspecified atom stereocenters. The van der Waals surface area contributed by atoms with Crippen LogP contribution in [-0.2, 0) is 6.42 Å². The number of nitrogens with zero attached hydrogens (tertiary/aromatic N) is 1. The Hall–Kier alpha value is -2.29. The normalized spacial score (nSPS) is 15.5. The molecule has 1 fully saturated rings. The molecule has 1 aliphatic heterocycles. The molecular formula is C21H25NO2. The summed E-state index contributed by atoms with van der Waals surface area (Å²) < 4.78 is 0. The van der Waals surface area contributed by atoms with Gasteiger partial charge in [-0.15, -0.1) is 0 Å². The van der Waals surface area contributed by atoms with Crippen LogP contribution >= 0.6 is 0 Å². The number of carbonyl (C=O) groups is 1. The van der Waals surface area contributed by atoms with E-state index in [1.54, 1.807) is 12.1 Å². The third kappa shape index (κ3) is 4.16. The van der Waals surface area contributed by atoms with E-state index in [-0.39, 0.29) is 5.91 Å². The number of hydrogen-bond acceptors (Lipinski definition) is 2. The summed E-state index contributed by atoms with van der Waals surface area (Å²) in [4.78, 5) is 14.6. The number of phenols is 1. The van der Waals surface area contributed by atoms with Gasteiger partial charge >= 0.3 is 0 Å². The standard InChI is InChI=1S/C21H25NO2/c1-16-3-2-4-19(15-16)21(24)22-13-11-18(12-14-22)6-5-17-7-9-20(23)10-8-17/h2-4,7-10,15,18,23H,5-6,11-14H2,1H3. The molecule has 1 N–H and O–H groups in total. The van der Waals surface area contributed by atoms with Crippen LogP contribution in [0.15, 0.2) is 48.5 Å². The highest BCUT2D eigenvalue weighted by Crippen LogP contribution is 2.24. The van der Waals surface area contributed by atoms with Crippen molar-refractivity contribution >= 4 is 5.91 Å². The Morgan fingerprint density at radius 2 is 1.83 bits per heavy atom. The van der Waals surface area contributed by atoms with Gasteiger partial charge in [0.1, 0.15) is 5.75 Å². The van der Waals surface area contributed by atoms with E-state index in [0.717, 1.165) is 49.9 Å². The van der Waals surface area contributed by atoms with Crippen molar-refractivity contribution in [3.63, 3.8) is 0 Å². The second kappa shape index (κ2) is 7.52. The summed E-state index contributed by atoms with van der Waals surface area (Å²) in [6, 6.07) is 15.3. The van der Waals surface area contributed by atoms with Crippen molar-refractivity contribution in [2.75, 3.05) is 13.1 Å². The number of piperidine rings is 1. The number of aromatic hydroxyl groups is 1. The molecule has 3 heteroatoms. The van der Waals surface area contributed by atoms with E-state index in [9.17, 15) is 9.90 Å². The minimum Gasteiger partial charge on any atom is -0.508 e. The van der Waals surface area contributed by atoms with Crippen molar-refractivity contribution in [2.45, 2.75) is 32.6 Å². The number of likely N-dealkylation sites (tertiary alicyclic amines) is 1. The molecule has 0 aromatic heterocycles. The van der Waals surface area contributed by atoms with Crippen LogP contribution in [-0.4, -0.2) is 29.0 Å². The fourth-order valence-electron chi connectivity index (χ4n) is 3.42. The van der Waals surface area contributed by atoms with E-state index in [4.69, 9.17) is 0 Å². The summed E-state index contributed by atoms with van der Waals surface area (Å²) in [7, 11) is 0. The van der Waals surface area contributed by atoms with Gasteiger partial charge in [-0.25, -0.2) is 0 Å². The van der Waals surface area contributed by atoms with Crippen LogP contribution in [0.1, 0.15) is 40.7 Å². The zero-order valence-corrected chi connectivity index (χ0v) is 14.2. The van der Waals surface area contributed by atoms with Crippen molar-refractivity contribution in [3.8, 4) is 5.75 Å². The SMILES string of the molecule is Cc1cccc(C(=O)N2CCC(CCc3ccc(O)cc3)CC2)c1. The average Bonchev–Trinajstić information content (AvgIpc) is 2.61. The van der Waals surface area contributed by atoms with Gasteiger partial charge in [0.25, 0.3) is 5.91 Å². The Morgan fingerprint density at radius 3 is 2.50 bits per heavy atom. The molecular weight excluding hydrogens is 298 g/mol. The first-order chi connectivity index (χ1) is 11.6. The molecule has 1 aliphatic rings. The topological polar surface area (TPSA) is 40.5 Å². The van der Waals surface area contributed by atoms with Crippen molar-refractivity contribution in [2.24, 2.45) is 5.92 Å². The predicted molar refractivity (Wildman–Crippen MR) is 96.2 cm³/mol. The second-order valence-corrected chi connectivity index (χ2v) is 6.81. The highest BCUT2D eigenvalue weighted by atomic mass is 16.3. The van der Waals surface area contributed by atoms with Crippen LogP contribution in [0.4, 0.5) is 0 Å². The van der Waals surface area contributed by atoms with E-state index < -0.39 is 0 Å². The van der Waals surface area contributed by atoms with E-state index in [1.165, 1.54) is 5.56 Å². The molecule has 2 aromatic carbocycles. The maximum absolute atomic E-state index is 12.6. The molecule has 1 saturated heterocycles. The summed E-state index contributed by atoms with van der Waals surface area (Å²) in [5.74, 6) is 1.16. The number of hydrogen-bond donors (Lipinski definition) is 1. The molecule has 2 aromatic rings. The zero-order chi connectivity index (χ0) is 16.9. The quantitative estimate of drug-likeness (QED) is 0.916. The zero-order valence-electron chi connectivity index (χ0n) is 14.2. The molecule has 0 bridgehead atoms. The number of amides is 1. The number of benzene rings is 2. The van der Waals surface area contributed by atoms with Gasteiger partial charge in [0.2, 0.25) is 0 Å². The molecule has 126 valence electrons. The first-order valence-electron chi connectivity index (χ1n) is 8.75. The molecule has 24 heavy (non-hydrogen) atoms. The van der Waals surface area contributed by atoms with Crippen LogP contribution in [0.3, 0.4) is 0 Å². The van der Waals surface area contributed by atoms with Gasteiger partial charge in [0.05, 0.1) is 0 Å². The van der Waals surface area contributed by atoms with Gasteiger partial charge in [-0.05, 0) is 68.4 Å². The molecule has 0 spiro atoms. The van der Waals surface area contributed by atoms with E-state index in [2.05, 4.69) is 0 Å². The maximum Gasteiger partial charge on any atom is 0.253 e. The Labute approximate surface area is 143 Å². The lowest BCUT2D eigenvalue weighted by molar-refractivity contribution is 0.0687. The molecule has 3 nitrogen and oxygen atoms in total. The van der Waals surface area contributed by atoms with Gasteiger partial charge in [0, 0.05) is 18.7 Å². The lowest BCUT2D eigenvalue weighted by atomic mass is 9.90. The Morgan fingerprint density at radius 1 is 1.12 bits per heavy atom. The van der Waals surface area contributed by atoms with E-state index in [1.807, 2.05) is 48.2 Å². The number of phenolic OH excluding ortho intramolecular Hbond substituents is 1. The fourth-order valence-corrected chi connectivity index (χ4v) is 3.42. The van der Waals surface area contributed by atoms with Crippen LogP contribution in [0, 0.1) is 12.8 Å². The van der Waals surface area contributed by atoms with Crippen LogP contribution in [0.2, 0.25) is 0 Å². The van der Waals surface area contributed by atoms with E-state index >= 15 is 0 Å². The Kier molecular flexibility index (Phi) is 5.19. The number of carbonyl (C=O) groups excluding carboxylic acids is 1. The minimum absolute atomic E-state index is 0.163. The smallest absolute Gasteiger partial charge is 0.253 e. The molecule has 0 saturated carbocycles. The summed E-state index contributed by atoms with van der Waals surface area (Å²) in [5.41, 5.74) is 3.20. The van der Waals surface area contributed by atoms with Gasteiger partial charge in [-0.1, -0.05) is 29.8 Å². The van der Waals surface area contributed by atoms with Gasteiger partial charge < -0.3 is 10.0 Å². The second-order valence-electron chi connectivity index (χ2n) is 6.81. The highest BCUT2D eigenvalue weighted by Gasteiger charge is 2.23. The summed E-state index contributed by atoms with van der Waals surface area (Å²) in [6.07, 6.45) is 4.35. The third-order valence-electron chi connectivity index (χ3n) is 4.94. The van der Waals surface area contributed by atoms with Crippen molar-refractivity contribution in [3.05, 3.63) is 65.2 Å². The lowest BCUT2D eigenvalue weighted by Crippen LogP contribution is -2.38. The third-order valence-corrected chi connectivity index (χ3v) is 4.94. The first kappa shape index (κ1) is 16.6. The molecule has 1 heterocycles. The molecule has 1 amide bonds. The Bertz CT molecular complexity index is 685. The fraction of sp³-hybridized carbons (Fsp3) is 0.381. The first-order valence-corrected chi connectivity index (χ1v) is 8.75. The molecule has 0 aliphatic carbocycles. The van der Waals surface area contributed by atoms with Crippen molar-refractivity contribution < 1.29 is 9.90 Å². The number of rotatable bonds is 4. The number of aryl methyl sites for hydroxylation is 2. The van der Waals surface area contributed by atoms with E-state index in [0.29, 0.717) is 11.7 Å². The molecule has 3 rings (SSSR count). The summed E-state index contributed by atoms with van der Waals surface area (Å²) in [6.45, 7) is 3.73. The summed E-state index contributed by atoms with van der Waals surface area (Å²) in [5, 5.41) is 9.33. The monoisotopic (exact) mass is 323 g/mol. The molecule has 0 atom stereocenters. The lowest BCUT2D eigenvalue weighted by Gasteiger charge is -2.32. The van der Waals surface area contributed by atoms with Crippen LogP contribution in [0.5, 0.6) is 5.75 Å². The minimum atomic E-state index is 0.163. The van der Waals surface area contributed by atoms with Crippen molar-refractivity contribution in [1.29, 1.82) is 0 Å². The van der Waals surface area contributed by atoms with Gasteiger partial charge in [0.15, 0.2) is 0 Å². The largest absolute Gasteiger partial charge is 0.508 e. The Balaban J connectivity index is 1.48. The average molecular weight is 323 g/mol. The van der Waals surface area contributed by atoms with Gasteiger partial charge in [-0.2, -0.15) is 0 Å². The summed E-state index contributed by atoms with van der Waals surface area (Å²) >= 11 is 0. The predicted octanol–water partition coefficient (Wildman–Crippen LogP) is 4.19. The molecule has 0 radical (unpaired) electrons. The van der Waals surface area contributed by atoms with Gasteiger partial charge in [-0.3, -0.25) is 4.79 Å². The van der Waals surface area contributed by atoms with Crippen LogP contribution < -0.4 is 0 Å². The van der Waals surface area contributed by atoms with Crippen LogP contribution in [0.25, 0.3) is 0 Å².